The predicted molar refractivity (Wildman–Crippen MR) is 72.6 cm³/mol. The maximum Gasteiger partial charge on any atom is 1.00 e. The van der Waals surface area contributed by atoms with E-state index in [2.05, 4.69) is 0 Å². The van der Waals surface area contributed by atoms with E-state index in [4.69, 9.17) is 4.18 Å². The van der Waals surface area contributed by atoms with Crippen molar-refractivity contribution in [1.82, 2.24) is 0 Å². The van der Waals surface area contributed by atoms with Crippen LogP contribution in [0, 0.1) is 0 Å². The van der Waals surface area contributed by atoms with Gasteiger partial charge in [0.2, 0.25) is 0 Å². The molecule has 0 spiro atoms. The minimum absolute atomic E-state index is 0. The molecule has 0 aliphatic heterocycles. The molecular formula is C14H13NaO3S. The standard InChI is InChI=1S/C14H12O3S.Na.H/c15-18(16,17-14-9-5-2-6-10-14)12-11-13-7-3-1-4-8-13;;/h1-12H;;/q;+1;-1. The fourth-order valence-electron chi connectivity index (χ4n) is 1.36. The molecule has 0 bridgehead atoms. The molecule has 5 heteroatoms. The Morgan fingerprint density at radius 1 is 0.895 bits per heavy atom. The summed E-state index contributed by atoms with van der Waals surface area (Å²) in [5.41, 5.74) is 0.803. The molecule has 2 rings (SSSR count). The summed E-state index contributed by atoms with van der Waals surface area (Å²) in [5, 5.41) is 1.05. The first-order valence-corrected chi connectivity index (χ1v) is 6.85. The summed E-state index contributed by atoms with van der Waals surface area (Å²) in [6.07, 6.45) is 1.50. The second-order valence-corrected chi connectivity index (χ2v) is 5.03. The Labute approximate surface area is 136 Å². The van der Waals surface area contributed by atoms with Gasteiger partial charge in [-0.15, -0.1) is 0 Å². The number of rotatable bonds is 4. The molecule has 0 heterocycles. The zero-order valence-electron chi connectivity index (χ0n) is 11.6. The molecule has 0 saturated carbocycles. The molecule has 0 radical (unpaired) electrons. The van der Waals surface area contributed by atoms with Gasteiger partial charge in [-0.2, -0.15) is 8.42 Å². The van der Waals surface area contributed by atoms with Crippen molar-refractivity contribution in [2.75, 3.05) is 0 Å². The van der Waals surface area contributed by atoms with Crippen LogP contribution in [0.15, 0.2) is 66.1 Å². The van der Waals surface area contributed by atoms with Crippen molar-refractivity contribution < 1.29 is 43.6 Å². The number of hydrogen-bond acceptors (Lipinski definition) is 3. The molecule has 0 fully saturated rings. The van der Waals surface area contributed by atoms with Gasteiger partial charge < -0.3 is 5.61 Å². The quantitative estimate of drug-likeness (QED) is 0.594. The van der Waals surface area contributed by atoms with E-state index in [-0.39, 0.29) is 31.0 Å². The molecule has 0 amide bonds. The summed E-state index contributed by atoms with van der Waals surface area (Å²) >= 11 is 0. The van der Waals surface area contributed by atoms with Crippen LogP contribution in [-0.2, 0) is 10.1 Å². The van der Waals surface area contributed by atoms with Gasteiger partial charge in [0, 0.05) is 0 Å². The SMILES string of the molecule is O=S(=O)(C=Cc1ccccc1)Oc1ccccc1.[H-].[Na+]. The molecule has 2 aromatic carbocycles. The van der Waals surface area contributed by atoms with E-state index in [0.29, 0.717) is 5.75 Å². The molecule has 19 heavy (non-hydrogen) atoms. The summed E-state index contributed by atoms with van der Waals surface area (Å²) in [6.45, 7) is 0. The predicted octanol–water partition coefficient (Wildman–Crippen LogP) is 0.183. The van der Waals surface area contributed by atoms with Crippen LogP contribution in [0.2, 0.25) is 0 Å². The third kappa shape index (κ3) is 5.61. The van der Waals surface area contributed by atoms with Crippen LogP contribution >= 0.6 is 0 Å². The monoisotopic (exact) mass is 284 g/mol. The van der Waals surface area contributed by atoms with E-state index in [1.165, 1.54) is 6.08 Å². The Morgan fingerprint density at radius 3 is 2.00 bits per heavy atom. The Bertz CT molecular complexity index is 628. The van der Waals surface area contributed by atoms with Crippen molar-refractivity contribution in [2.24, 2.45) is 0 Å². The Balaban J connectivity index is 0.00000180. The van der Waals surface area contributed by atoms with Gasteiger partial charge in [0.1, 0.15) is 5.75 Å². The zero-order valence-corrected chi connectivity index (χ0v) is 13.4. The molecule has 2 aromatic rings. The molecule has 0 saturated heterocycles. The van der Waals surface area contributed by atoms with Crippen molar-refractivity contribution in [1.29, 1.82) is 0 Å². The van der Waals surface area contributed by atoms with Gasteiger partial charge >= 0.3 is 39.7 Å². The first kappa shape index (κ1) is 16.0. The van der Waals surface area contributed by atoms with E-state index >= 15 is 0 Å². The third-order valence-corrected chi connectivity index (χ3v) is 3.08. The maximum atomic E-state index is 11.7. The van der Waals surface area contributed by atoms with E-state index in [1.807, 2.05) is 30.3 Å². The van der Waals surface area contributed by atoms with Crippen LogP contribution in [0.3, 0.4) is 0 Å². The minimum atomic E-state index is -3.71. The first-order chi connectivity index (χ1) is 8.66. The second kappa shape index (κ2) is 7.50. The molecule has 0 unspecified atom stereocenters. The molecule has 94 valence electrons. The fraction of sp³-hybridized carbons (Fsp3) is 0. The Hall–Kier alpha value is -1.07. The molecule has 0 N–H and O–H groups in total. The van der Waals surface area contributed by atoms with Gasteiger partial charge in [-0.25, -0.2) is 0 Å². The van der Waals surface area contributed by atoms with Gasteiger partial charge in [-0.05, 0) is 23.8 Å². The number of hydrogen-bond donors (Lipinski definition) is 0. The minimum Gasteiger partial charge on any atom is -1.00 e. The van der Waals surface area contributed by atoms with Crippen LogP contribution in [0.5, 0.6) is 5.75 Å². The van der Waals surface area contributed by atoms with Crippen LogP contribution in [-0.4, -0.2) is 8.42 Å². The number of para-hydroxylation sites is 1. The summed E-state index contributed by atoms with van der Waals surface area (Å²) in [6, 6.07) is 17.6. The van der Waals surface area contributed by atoms with Crippen LogP contribution in [0.1, 0.15) is 6.99 Å². The van der Waals surface area contributed by atoms with Crippen LogP contribution in [0.25, 0.3) is 6.08 Å². The van der Waals surface area contributed by atoms with Crippen molar-refractivity contribution in [3.8, 4) is 5.75 Å². The van der Waals surface area contributed by atoms with Crippen molar-refractivity contribution in [2.45, 2.75) is 0 Å². The Morgan fingerprint density at radius 2 is 1.42 bits per heavy atom. The Kier molecular flexibility index (Phi) is 6.31. The average Bonchev–Trinajstić information content (AvgIpc) is 2.38. The van der Waals surface area contributed by atoms with Gasteiger partial charge in [0.15, 0.2) is 0 Å². The summed E-state index contributed by atoms with van der Waals surface area (Å²) in [4.78, 5) is 0. The van der Waals surface area contributed by atoms with Gasteiger partial charge in [0.25, 0.3) is 0 Å². The summed E-state index contributed by atoms with van der Waals surface area (Å²) < 4.78 is 28.2. The van der Waals surface area contributed by atoms with Crippen molar-refractivity contribution in [3.63, 3.8) is 0 Å². The topological polar surface area (TPSA) is 43.4 Å². The van der Waals surface area contributed by atoms with E-state index in [1.54, 1.807) is 30.3 Å². The summed E-state index contributed by atoms with van der Waals surface area (Å²) in [5.74, 6) is 0.301. The van der Waals surface area contributed by atoms with Crippen LogP contribution < -0.4 is 33.7 Å². The smallest absolute Gasteiger partial charge is 1.00 e. The largest absolute Gasteiger partial charge is 1.00 e. The average molecular weight is 284 g/mol. The normalized spacial score (nSPS) is 10.9. The van der Waals surface area contributed by atoms with Gasteiger partial charge in [-0.1, -0.05) is 48.5 Å². The van der Waals surface area contributed by atoms with Crippen molar-refractivity contribution in [3.05, 3.63) is 71.6 Å². The van der Waals surface area contributed by atoms with E-state index < -0.39 is 10.1 Å². The molecule has 0 atom stereocenters. The molecule has 0 aliphatic carbocycles. The molecule has 0 aromatic heterocycles. The fourth-order valence-corrected chi connectivity index (χ4v) is 2.12. The van der Waals surface area contributed by atoms with E-state index in [9.17, 15) is 8.42 Å². The van der Waals surface area contributed by atoms with Crippen LogP contribution in [0.4, 0.5) is 0 Å². The molecule has 0 aliphatic rings. The summed E-state index contributed by atoms with van der Waals surface area (Å²) in [7, 11) is -3.71. The second-order valence-electron chi connectivity index (χ2n) is 3.60. The molecule has 3 nitrogen and oxygen atoms in total. The number of benzene rings is 2. The van der Waals surface area contributed by atoms with Crippen molar-refractivity contribution >= 4 is 16.2 Å². The first-order valence-electron chi connectivity index (χ1n) is 5.38. The van der Waals surface area contributed by atoms with Gasteiger partial charge in [-0.3, -0.25) is 0 Å². The van der Waals surface area contributed by atoms with E-state index in [0.717, 1.165) is 11.0 Å². The molecular weight excluding hydrogens is 271 g/mol. The third-order valence-electron chi connectivity index (χ3n) is 2.18. The maximum absolute atomic E-state index is 11.7. The zero-order chi connectivity index (χ0) is 12.8. The van der Waals surface area contributed by atoms with Gasteiger partial charge in [0.05, 0.1) is 5.41 Å².